The minimum Gasteiger partial charge on any atom is -0.274 e. The minimum absolute atomic E-state index is 0.466. The van der Waals surface area contributed by atoms with E-state index in [0.717, 1.165) is 9.89 Å². The van der Waals surface area contributed by atoms with Gasteiger partial charge < -0.3 is 0 Å². The standard InChI is InChI=1S/C13H13ClN4OS/c14-11-4-1-5-12(18(16)13(19)17-15)10(11)7-6-9-3-2-8-20-9/h1-8H,15-16H2,(H,17,19)/b7-6+. The van der Waals surface area contributed by atoms with Gasteiger partial charge in [-0.3, -0.25) is 5.43 Å². The van der Waals surface area contributed by atoms with Crippen LogP contribution in [0.5, 0.6) is 0 Å². The van der Waals surface area contributed by atoms with Crippen molar-refractivity contribution in [3.8, 4) is 0 Å². The van der Waals surface area contributed by atoms with E-state index in [9.17, 15) is 4.79 Å². The molecule has 5 nitrogen and oxygen atoms in total. The molecule has 1 aromatic heterocycles. The summed E-state index contributed by atoms with van der Waals surface area (Å²) in [6.07, 6.45) is 3.72. The highest BCUT2D eigenvalue weighted by atomic mass is 35.5. The first-order valence-corrected chi connectivity index (χ1v) is 6.94. The van der Waals surface area contributed by atoms with Crippen molar-refractivity contribution >= 4 is 46.8 Å². The van der Waals surface area contributed by atoms with Crippen molar-refractivity contribution in [1.29, 1.82) is 0 Å². The Kier molecular flexibility index (Phi) is 4.75. The van der Waals surface area contributed by atoms with Crippen LogP contribution < -0.4 is 22.1 Å². The molecule has 0 saturated heterocycles. The first kappa shape index (κ1) is 14.5. The average Bonchev–Trinajstić information content (AvgIpc) is 2.97. The number of nitrogens with one attached hydrogen (secondary N) is 1. The Balaban J connectivity index is 2.38. The molecule has 0 atom stereocenters. The van der Waals surface area contributed by atoms with Gasteiger partial charge in [-0.2, -0.15) is 0 Å². The molecule has 20 heavy (non-hydrogen) atoms. The Hall–Kier alpha value is -1.86. The fourth-order valence-corrected chi connectivity index (χ4v) is 2.48. The van der Waals surface area contributed by atoms with Crippen molar-refractivity contribution in [2.45, 2.75) is 0 Å². The first-order chi connectivity index (χ1) is 9.63. The quantitative estimate of drug-likeness (QED) is 0.463. The smallest absolute Gasteiger partial charge is 0.274 e. The van der Waals surface area contributed by atoms with E-state index in [1.54, 1.807) is 29.5 Å². The zero-order valence-electron chi connectivity index (χ0n) is 10.4. The van der Waals surface area contributed by atoms with Gasteiger partial charge in [-0.1, -0.05) is 23.7 Å². The van der Waals surface area contributed by atoms with Crippen molar-refractivity contribution in [2.75, 3.05) is 5.01 Å². The zero-order valence-corrected chi connectivity index (χ0v) is 12.0. The summed E-state index contributed by atoms with van der Waals surface area (Å²) < 4.78 is 0. The van der Waals surface area contributed by atoms with Crippen molar-refractivity contribution in [1.82, 2.24) is 5.43 Å². The number of urea groups is 1. The third-order valence-electron chi connectivity index (χ3n) is 2.59. The Bertz CT molecular complexity index is 627. The number of hydrogen-bond donors (Lipinski definition) is 3. The van der Waals surface area contributed by atoms with Gasteiger partial charge in [-0.25, -0.2) is 21.5 Å². The lowest BCUT2D eigenvalue weighted by molar-refractivity contribution is 0.246. The molecule has 0 unspecified atom stereocenters. The summed E-state index contributed by atoms with van der Waals surface area (Å²) in [6.45, 7) is 0. The van der Waals surface area contributed by atoms with Gasteiger partial charge in [0.1, 0.15) is 0 Å². The normalized spacial score (nSPS) is 10.8. The molecule has 0 spiro atoms. The van der Waals surface area contributed by atoms with Gasteiger partial charge in [0, 0.05) is 15.5 Å². The van der Waals surface area contributed by atoms with E-state index in [0.29, 0.717) is 16.3 Å². The highest BCUT2D eigenvalue weighted by Crippen LogP contribution is 2.28. The number of amides is 2. The number of anilines is 1. The van der Waals surface area contributed by atoms with Gasteiger partial charge in [0.25, 0.3) is 0 Å². The molecule has 1 aromatic carbocycles. The van der Waals surface area contributed by atoms with Crippen LogP contribution in [-0.4, -0.2) is 6.03 Å². The Labute approximate surface area is 125 Å². The monoisotopic (exact) mass is 308 g/mol. The van der Waals surface area contributed by atoms with E-state index >= 15 is 0 Å². The van der Waals surface area contributed by atoms with E-state index in [4.69, 9.17) is 23.3 Å². The van der Waals surface area contributed by atoms with Crippen LogP contribution in [-0.2, 0) is 0 Å². The molecular formula is C13H13ClN4OS. The molecule has 0 aliphatic carbocycles. The first-order valence-electron chi connectivity index (χ1n) is 5.69. The molecule has 0 saturated carbocycles. The van der Waals surface area contributed by atoms with Crippen LogP contribution in [0.1, 0.15) is 10.4 Å². The predicted molar refractivity (Wildman–Crippen MR) is 84.1 cm³/mol. The third-order valence-corrected chi connectivity index (χ3v) is 3.76. The molecule has 2 rings (SSSR count). The van der Waals surface area contributed by atoms with Crippen molar-refractivity contribution in [2.24, 2.45) is 11.7 Å². The van der Waals surface area contributed by atoms with Crippen LogP contribution in [0.2, 0.25) is 5.02 Å². The molecule has 2 aromatic rings. The van der Waals surface area contributed by atoms with E-state index in [2.05, 4.69) is 0 Å². The Morgan fingerprint density at radius 3 is 2.75 bits per heavy atom. The van der Waals surface area contributed by atoms with Gasteiger partial charge >= 0.3 is 6.03 Å². The largest absolute Gasteiger partial charge is 0.350 e. The second kappa shape index (κ2) is 6.53. The molecule has 104 valence electrons. The number of hydrogen-bond acceptors (Lipinski definition) is 4. The highest BCUT2D eigenvalue weighted by Gasteiger charge is 2.14. The lowest BCUT2D eigenvalue weighted by Crippen LogP contribution is -2.47. The van der Waals surface area contributed by atoms with E-state index in [1.807, 2.05) is 35.1 Å². The predicted octanol–water partition coefficient (Wildman–Crippen LogP) is 2.84. The summed E-state index contributed by atoms with van der Waals surface area (Å²) in [5.41, 5.74) is 3.09. The third kappa shape index (κ3) is 3.17. The highest BCUT2D eigenvalue weighted by molar-refractivity contribution is 7.10. The maximum absolute atomic E-state index is 11.5. The van der Waals surface area contributed by atoms with Crippen LogP contribution >= 0.6 is 22.9 Å². The number of rotatable bonds is 3. The fourth-order valence-electron chi connectivity index (χ4n) is 1.63. The Morgan fingerprint density at radius 1 is 1.30 bits per heavy atom. The van der Waals surface area contributed by atoms with Gasteiger partial charge in [0.05, 0.1) is 5.69 Å². The van der Waals surface area contributed by atoms with Crippen LogP contribution in [0.25, 0.3) is 12.2 Å². The number of thiophene rings is 1. The number of carbonyl (C=O) groups excluding carboxylic acids is 1. The van der Waals surface area contributed by atoms with Gasteiger partial charge in [-0.05, 0) is 35.7 Å². The number of halogens is 1. The number of nitrogens with two attached hydrogens (primary N) is 2. The molecule has 5 N–H and O–H groups in total. The summed E-state index contributed by atoms with van der Waals surface area (Å²) in [5.74, 6) is 10.8. The number of nitrogens with zero attached hydrogens (tertiary/aromatic N) is 1. The van der Waals surface area contributed by atoms with Gasteiger partial charge in [0.15, 0.2) is 0 Å². The molecular weight excluding hydrogens is 296 g/mol. The summed E-state index contributed by atoms with van der Waals surface area (Å²) in [4.78, 5) is 12.6. The summed E-state index contributed by atoms with van der Waals surface area (Å²) >= 11 is 7.77. The maximum atomic E-state index is 11.5. The maximum Gasteiger partial charge on any atom is 0.350 e. The van der Waals surface area contributed by atoms with Gasteiger partial charge in [-0.15, -0.1) is 11.3 Å². The zero-order chi connectivity index (χ0) is 14.5. The molecule has 7 heteroatoms. The molecule has 0 bridgehead atoms. The van der Waals surface area contributed by atoms with E-state index < -0.39 is 6.03 Å². The molecule has 2 amide bonds. The summed E-state index contributed by atoms with van der Waals surface area (Å²) in [5, 5.41) is 3.39. The molecule has 0 aliphatic heterocycles. The second-order valence-electron chi connectivity index (χ2n) is 3.84. The van der Waals surface area contributed by atoms with Crippen LogP contribution in [0.15, 0.2) is 35.7 Å². The topological polar surface area (TPSA) is 84.4 Å². The summed E-state index contributed by atoms with van der Waals surface area (Å²) in [6, 6.07) is 8.43. The van der Waals surface area contributed by atoms with Crippen molar-refractivity contribution < 1.29 is 4.79 Å². The molecule has 1 heterocycles. The van der Waals surface area contributed by atoms with E-state index in [-0.39, 0.29) is 0 Å². The van der Waals surface area contributed by atoms with Crippen molar-refractivity contribution in [3.05, 3.63) is 51.2 Å². The lowest BCUT2D eigenvalue weighted by atomic mass is 10.1. The molecule has 0 fully saturated rings. The lowest BCUT2D eigenvalue weighted by Gasteiger charge is -2.18. The molecule has 0 aliphatic rings. The molecule has 0 radical (unpaired) electrons. The summed E-state index contributed by atoms with van der Waals surface area (Å²) in [7, 11) is 0. The van der Waals surface area contributed by atoms with Crippen LogP contribution in [0.3, 0.4) is 0 Å². The number of carbonyl (C=O) groups is 1. The average molecular weight is 309 g/mol. The number of benzene rings is 1. The fraction of sp³-hybridized carbons (Fsp3) is 0. The minimum atomic E-state index is -0.627. The van der Waals surface area contributed by atoms with Gasteiger partial charge in [0.2, 0.25) is 0 Å². The SMILES string of the molecule is NNC(=O)N(N)c1cccc(Cl)c1/C=C/c1cccs1. The Morgan fingerprint density at radius 2 is 2.10 bits per heavy atom. The second-order valence-corrected chi connectivity index (χ2v) is 5.23. The van der Waals surface area contributed by atoms with E-state index in [1.165, 1.54) is 0 Å². The van der Waals surface area contributed by atoms with Crippen molar-refractivity contribution in [3.63, 3.8) is 0 Å². The van der Waals surface area contributed by atoms with Crippen LogP contribution in [0, 0.1) is 0 Å². The number of hydrazine groups is 2. The van der Waals surface area contributed by atoms with Crippen LogP contribution in [0.4, 0.5) is 10.5 Å².